The molecule has 2 rings (SSSR count). The minimum absolute atomic E-state index is 0.0347. The lowest BCUT2D eigenvalue weighted by molar-refractivity contribution is -0.377. The Bertz CT molecular complexity index is 572. The zero-order valence-corrected chi connectivity index (χ0v) is 9.99. The summed E-state index contributed by atoms with van der Waals surface area (Å²) in [4.78, 5) is 2.56. The summed E-state index contributed by atoms with van der Waals surface area (Å²) in [5.41, 5.74) is 0.426. The second-order valence-electron chi connectivity index (χ2n) is 3.47. The fourth-order valence-corrected chi connectivity index (χ4v) is 1.50. The molecule has 2 aromatic carbocycles. The fraction of sp³-hybridized carbons (Fsp3) is 0. The summed E-state index contributed by atoms with van der Waals surface area (Å²) >= 11 is 5.61. The van der Waals surface area contributed by atoms with Crippen molar-refractivity contribution in [1.82, 2.24) is 0 Å². The SMILES string of the molecule is OC(=[NH+]c1ccc(F)c(Cl)c1)Oc1ccccc1. The molecular formula is C13H10ClFNO2+. The molecule has 0 aliphatic rings. The summed E-state index contributed by atoms with van der Waals surface area (Å²) in [7, 11) is 0. The smallest absolute Gasteiger partial charge is 0.429 e. The molecule has 0 spiro atoms. The van der Waals surface area contributed by atoms with Crippen molar-refractivity contribution >= 4 is 23.4 Å². The molecular weight excluding hydrogens is 257 g/mol. The van der Waals surface area contributed by atoms with E-state index in [-0.39, 0.29) is 5.02 Å². The van der Waals surface area contributed by atoms with Crippen LogP contribution in [0.4, 0.5) is 10.1 Å². The van der Waals surface area contributed by atoms with Crippen LogP contribution in [0.25, 0.3) is 0 Å². The van der Waals surface area contributed by atoms with E-state index in [0.717, 1.165) is 0 Å². The Balaban J connectivity index is 2.15. The second-order valence-corrected chi connectivity index (χ2v) is 3.88. The van der Waals surface area contributed by atoms with Gasteiger partial charge < -0.3 is 9.84 Å². The first-order chi connectivity index (χ1) is 8.65. The van der Waals surface area contributed by atoms with Gasteiger partial charge in [0.15, 0.2) is 0 Å². The molecule has 0 bridgehead atoms. The minimum atomic E-state index is -0.523. The van der Waals surface area contributed by atoms with Crippen LogP contribution in [0.5, 0.6) is 5.75 Å². The first kappa shape index (κ1) is 12.4. The van der Waals surface area contributed by atoms with Crippen molar-refractivity contribution in [2.75, 3.05) is 0 Å². The number of nitrogens with one attached hydrogen (secondary N) is 1. The predicted molar refractivity (Wildman–Crippen MR) is 66.7 cm³/mol. The number of halogens is 2. The predicted octanol–water partition coefficient (Wildman–Crippen LogP) is 2.18. The Morgan fingerprint density at radius 2 is 1.89 bits per heavy atom. The highest BCUT2D eigenvalue weighted by Crippen LogP contribution is 2.16. The van der Waals surface area contributed by atoms with Gasteiger partial charge in [0.1, 0.15) is 11.6 Å². The maximum absolute atomic E-state index is 12.9. The molecule has 0 saturated carbocycles. The van der Waals surface area contributed by atoms with Crippen LogP contribution in [-0.2, 0) is 0 Å². The van der Waals surface area contributed by atoms with E-state index in [1.807, 2.05) is 6.07 Å². The van der Waals surface area contributed by atoms with Crippen molar-refractivity contribution in [2.45, 2.75) is 0 Å². The highest BCUT2D eigenvalue weighted by molar-refractivity contribution is 6.30. The topological polar surface area (TPSA) is 43.4 Å². The van der Waals surface area contributed by atoms with Gasteiger partial charge in [-0.2, -0.15) is 0 Å². The first-order valence-corrected chi connectivity index (χ1v) is 5.54. The zero-order chi connectivity index (χ0) is 13.0. The molecule has 92 valence electrons. The second kappa shape index (κ2) is 5.51. The summed E-state index contributed by atoms with van der Waals surface area (Å²) in [5, 5.41) is 9.53. The molecule has 2 aromatic rings. The van der Waals surface area contributed by atoms with Crippen LogP contribution in [0.3, 0.4) is 0 Å². The van der Waals surface area contributed by atoms with Crippen molar-refractivity contribution in [1.29, 1.82) is 0 Å². The van der Waals surface area contributed by atoms with Crippen molar-refractivity contribution in [3.8, 4) is 5.75 Å². The van der Waals surface area contributed by atoms with E-state index >= 15 is 0 Å². The summed E-state index contributed by atoms with van der Waals surface area (Å²) in [6.45, 7) is 0. The average molecular weight is 267 g/mol. The largest absolute Gasteiger partial charge is 0.556 e. The lowest BCUT2D eigenvalue weighted by Crippen LogP contribution is -2.68. The van der Waals surface area contributed by atoms with Crippen LogP contribution >= 0.6 is 11.6 Å². The molecule has 0 amide bonds. The van der Waals surface area contributed by atoms with Crippen LogP contribution in [0.2, 0.25) is 5.02 Å². The average Bonchev–Trinajstić information content (AvgIpc) is 2.35. The third-order valence-corrected chi connectivity index (χ3v) is 2.42. The maximum Gasteiger partial charge on any atom is 0.556 e. The number of aliphatic hydroxyl groups is 1. The molecule has 0 atom stereocenters. The van der Waals surface area contributed by atoms with Crippen molar-refractivity contribution < 1.29 is 19.2 Å². The van der Waals surface area contributed by atoms with Crippen LogP contribution < -0.4 is 9.73 Å². The van der Waals surface area contributed by atoms with Gasteiger partial charge in [-0.25, -0.2) is 4.39 Å². The van der Waals surface area contributed by atoms with E-state index in [4.69, 9.17) is 16.3 Å². The molecule has 3 nitrogen and oxygen atoms in total. The summed E-state index contributed by atoms with van der Waals surface area (Å²) in [5.74, 6) is -0.0404. The van der Waals surface area contributed by atoms with Crippen LogP contribution in [-0.4, -0.2) is 11.2 Å². The number of hydrogen-bond acceptors (Lipinski definition) is 1. The Labute approximate surface area is 108 Å². The first-order valence-electron chi connectivity index (χ1n) is 5.16. The van der Waals surface area contributed by atoms with Gasteiger partial charge in [0.25, 0.3) is 0 Å². The van der Waals surface area contributed by atoms with Gasteiger partial charge in [-0.15, -0.1) is 4.99 Å². The number of benzene rings is 2. The number of ether oxygens (including phenoxy) is 1. The van der Waals surface area contributed by atoms with Gasteiger partial charge in [0.05, 0.1) is 5.02 Å². The molecule has 18 heavy (non-hydrogen) atoms. The Kier molecular flexibility index (Phi) is 3.79. The molecule has 0 fully saturated rings. The normalized spacial score (nSPS) is 11.3. The van der Waals surface area contributed by atoms with Gasteiger partial charge in [-0.1, -0.05) is 29.8 Å². The van der Waals surface area contributed by atoms with E-state index in [9.17, 15) is 9.50 Å². The Morgan fingerprint density at radius 1 is 1.17 bits per heavy atom. The monoisotopic (exact) mass is 266 g/mol. The lowest BCUT2D eigenvalue weighted by atomic mass is 10.3. The van der Waals surface area contributed by atoms with Gasteiger partial charge >= 0.3 is 6.08 Å². The van der Waals surface area contributed by atoms with Crippen molar-refractivity contribution in [3.63, 3.8) is 0 Å². The standard InChI is InChI=1S/C13H9ClFNO2/c14-11-8-9(6-7-12(11)15)16-13(17)18-10-4-2-1-3-5-10/h1-8H,(H,16,17)/p+1. The number of hydrogen-bond donors (Lipinski definition) is 2. The minimum Gasteiger partial charge on any atom is -0.429 e. The van der Waals surface area contributed by atoms with E-state index in [2.05, 4.69) is 4.99 Å². The van der Waals surface area contributed by atoms with Gasteiger partial charge in [-0.05, 0) is 18.2 Å². The van der Waals surface area contributed by atoms with E-state index in [1.54, 1.807) is 24.3 Å². The van der Waals surface area contributed by atoms with E-state index < -0.39 is 11.9 Å². The number of para-hydroxylation sites is 1. The van der Waals surface area contributed by atoms with Crippen molar-refractivity contribution in [3.05, 3.63) is 59.4 Å². The van der Waals surface area contributed by atoms with E-state index in [0.29, 0.717) is 11.4 Å². The Morgan fingerprint density at radius 3 is 2.56 bits per heavy atom. The Hall–Kier alpha value is -2.07. The highest BCUT2D eigenvalue weighted by Gasteiger charge is 2.09. The molecule has 2 N–H and O–H groups in total. The van der Waals surface area contributed by atoms with Gasteiger partial charge in [0, 0.05) is 12.1 Å². The molecule has 0 aromatic heterocycles. The fourth-order valence-electron chi connectivity index (χ4n) is 1.32. The number of aliphatic hydroxyl groups excluding tert-OH is 1. The quantitative estimate of drug-likeness (QED) is 0.646. The third kappa shape index (κ3) is 3.21. The van der Waals surface area contributed by atoms with Crippen LogP contribution in [0, 0.1) is 5.82 Å². The molecule has 0 saturated heterocycles. The van der Waals surface area contributed by atoms with Crippen LogP contribution in [0.1, 0.15) is 0 Å². The van der Waals surface area contributed by atoms with Crippen molar-refractivity contribution in [2.24, 2.45) is 0 Å². The summed E-state index contributed by atoms with van der Waals surface area (Å²) in [6, 6.07) is 12.7. The molecule has 0 radical (unpaired) electrons. The zero-order valence-electron chi connectivity index (χ0n) is 9.23. The third-order valence-electron chi connectivity index (χ3n) is 2.13. The molecule has 0 unspecified atom stereocenters. The summed E-state index contributed by atoms with van der Waals surface area (Å²) < 4.78 is 18.0. The maximum atomic E-state index is 12.9. The molecule has 0 aliphatic carbocycles. The molecule has 5 heteroatoms. The molecule has 0 aliphatic heterocycles. The van der Waals surface area contributed by atoms with Gasteiger partial charge in [0.2, 0.25) is 5.69 Å². The van der Waals surface area contributed by atoms with E-state index in [1.165, 1.54) is 18.2 Å². The number of rotatable bonds is 2. The van der Waals surface area contributed by atoms with Gasteiger partial charge in [-0.3, -0.25) is 0 Å². The highest BCUT2D eigenvalue weighted by atomic mass is 35.5. The lowest BCUT2D eigenvalue weighted by Gasteiger charge is -1.97. The summed E-state index contributed by atoms with van der Waals surface area (Å²) in [6.07, 6.45) is -0.413. The molecule has 0 heterocycles. The van der Waals surface area contributed by atoms with Crippen LogP contribution in [0.15, 0.2) is 48.5 Å².